The van der Waals surface area contributed by atoms with Gasteiger partial charge in [-0.3, -0.25) is 4.79 Å². The van der Waals surface area contributed by atoms with E-state index in [0.717, 1.165) is 30.6 Å². The van der Waals surface area contributed by atoms with Gasteiger partial charge in [0.2, 0.25) is 5.91 Å². The topological polar surface area (TPSA) is 73.6 Å². The van der Waals surface area contributed by atoms with Crippen molar-refractivity contribution >= 4 is 18.3 Å². The lowest BCUT2D eigenvalue weighted by atomic mass is 10.0. The molecular weight excluding hydrogens is 292 g/mol. The number of rotatable bonds is 3. The van der Waals surface area contributed by atoms with Gasteiger partial charge in [0.05, 0.1) is 12.1 Å². The second-order valence-electron chi connectivity index (χ2n) is 5.39. The number of nitrogens with two attached hydrogens (primary N) is 1. The first-order valence-electron chi connectivity index (χ1n) is 7.13. The largest absolute Gasteiger partial charge is 0.491 e. The number of carbonyl (C=O) groups is 1. The molecule has 1 amide bonds. The number of ether oxygens (including phenoxy) is 2. The van der Waals surface area contributed by atoms with Crippen LogP contribution in [0.5, 0.6) is 5.75 Å². The Morgan fingerprint density at radius 1 is 1.33 bits per heavy atom. The fourth-order valence-electron chi connectivity index (χ4n) is 2.79. The Morgan fingerprint density at radius 3 is 2.90 bits per heavy atom. The number of hydrogen-bond donors (Lipinski definition) is 2. The van der Waals surface area contributed by atoms with Crippen molar-refractivity contribution in [3.8, 4) is 5.75 Å². The molecule has 3 rings (SSSR count). The molecule has 116 valence electrons. The van der Waals surface area contributed by atoms with E-state index in [9.17, 15) is 4.79 Å². The summed E-state index contributed by atoms with van der Waals surface area (Å²) in [7, 11) is 0. The summed E-state index contributed by atoms with van der Waals surface area (Å²) in [6.07, 6.45) is 2.07. The molecule has 0 saturated carbocycles. The van der Waals surface area contributed by atoms with Crippen LogP contribution in [-0.4, -0.2) is 37.3 Å². The molecule has 3 N–H and O–H groups in total. The van der Waals surface area contributed by atoms with Gasteiger partial charge in [-0.1, -0.05) is 18.2 Å². The lowest BCUT2D eigenvalue weighted by Gasteiger charge is -2.27. The summed E-state index contributed by atoms with van der Waals surface area (Å²) in [5, 5.41) is 3.02. The lowest BCUT2D eigenvalue weighted by molar-refractivity contribution is -0.132. The van der Waals surface area contributed by atoms with Crippen LogP contribution in [0.1, 0.15) is 18.4 Å². The SMILES string of the molecule is Cl.NC[C@H]1CC[C@@H](C(=O)NC2COc3ccccc3C2)O1. The van der Waals surface area contributed by atoms with E-state index in [1.165, 1.54) is 0 Å². The maximum Gasteiger partial charge on any atom is 0.249 e. The molecule has 0 spiro atoms. The zero-order valence-corrected chi connectivity index (χ0v) is 12.6. The molecule has 1 saturated heterocycles. The normalized spacial score (nSPS) is 27.2. The molecule has 0 radical (unpaired) electrons. The van der Waals surface area contributed by atoms with E-state index in [4.69, 9.17) is 15.2 Å². The third-order valence-corrected chi connectivity index (χ3v) is 3.89. The molecule has 6 heteroatoms. The number of benzene rings is 1. The average Bonchev–Trinajstić information content (AvgIpc) is 2.96. The van der Waals surface area contributed by atoms with Crippen LogP contribution in [0.2, 0.25) is 0 Å². The predicted octanol–water partition coefficient (Wildman–Crippen LogP) is 1.03. The fraction of sp³-hybridized carbons (Fsp3) is 0.533. The van der Waals surface area contributed by atoms with Crippen LogP contribution in [0.15, 0.2) is 24.3 Å². The molecular formula is C15H21ClN2O3. The van der Waals surface area contributed by atoms with Gasteiger partial charge in [0.25, 0.3) is 0 Å². The van der Waals surface area contributed by atoms with Gasteiger partial charge in [-0.2, -0.15) is 0 Å². The fourth-order valence-corrected chi connectivity index (χ4v) is 2.79. The van der Waals surface area contributed by atoms with Crippen LogP contribution >= 0.6 is 12.4 Å². The summed E-state index contributed by atoms with van der Waals surface area (Å²) in [5.74, 6) is 0.868. The Morgan fingerprint density at radius 2 is 2.14 bits per heavy atom. The van der Waals surface area contributed by atoms with Crippen molar-refractivity contribution in [3.05, 3.63) is 29.8 Å². The standard InChI is InChI=1S/C15H20N2O3.ClH/c16-8-12-5-6-14(20-12)15(18)17-11-7-10-3-1-2-4-13(10)19-9-11;/h1-4,11-12,14H,5-9,16H2,(H,17,18);1H/t11?,12-,14+;/m1./s1. The van der Waals surface area contributed by atoms with Crippen LogP contribution in [0, 0.1) is 0 Å². The summed E-state index contributed by atoms with van der Waals surface area (Å²) >= 11 is 0. The van der Waals surface area contributed by atoms with Gasteiger partial charge in [-0.25, -0.2) is 0 Å². The summed E-state index contributed by atoms with van der Waals surface area (Å²) in [6, 6.07) is 7.94. The van der Waals surface area contributed by atoms with Crippen molar-refractivity contribution < 1.29 is 14.3 Å². The zero-order valence-electron chi connectivity index (χ0n) is 11.8. The third-order valence-electron chi connectivity index (χ3n) is 3.89. The molecule has 0 bridgehead atoms. The number of halogens is 1. The Kier molecular flexibility index (Phi) is 5.45. The van der Waals surface area contributed by atoms with E-state index < -0.39 is 0 Å². The van der Waals surface area contributed by atoms with Crippen LogP contribution in [0.3, 0.4) is 0 Å². The highest BCUT2D eigenvalue weighted by Gasteiger charge is 2.31. The second kappa shape index (κ2) is 7.11. The van der Waals surface area contributed by atoms with E-state index in [-0.39, 0.29) is 36.6 Å². The van der Waals surface area contributed by atoms with Gasteiger partial charge in [-0.15, -0.1) is 12.4 Å². The van der Waals surface area contributed by atoms with Gasteiger partial charge in [0.1, 0.15) is 18.5 Å². The van der Waals surface area contributed by atoms with Crippen molar-refractivity contribution in [1.29, 1.82) is 0 Å². The quantitative estimate of drug-likeness (QED) is 0.874. The minimum atomic E-state index is -0.360. The molecule has 1 aromatic carbocycles. The Hall–Kier alpha value is -1.30. The van der Waals surface area contributed by atoms with E-state index in [2.05, 4.69) is 5.32 Å². The van der Waals surface area contributed by atoms with E-state index in [1.54, 1.807) is 0 Å². The number of fused-ring (bicyclic) bond motifs is 1. The van der Waals surface area contributed by atoms with Crippen LogP contribution in [0.4, 0.5) is 0 Å². The Balaban J connectivity index is 0.00000161. The maximum absolute atomic E-state index is 12.2. The molecule has 0 aliphatic carbocycles. The molecule has 2 heterocycles. The smallest absolute Gasteiger partial charge is 0.249 e. The first kappa shape index (κ1) is 16.1. The van der Waals surface area contributed by atoms with Crippen molar-refractivity contribution in [1.82, 2.24) is 5.32 Å². The van der Waals surface area contributed by atoms with Crippen molar-refractivity contribution in [2.75, 3.05) is 13.2 Å². The van der Waals surface area contributed by atoms with Gasteiger partial charge < -0.3 is 20.5 Å². The Bertz CT molecular complexity index is 498. The van der Waals surface area contributed by atoms with Gasteiger partial charge >= 0.3 is 0 Å². The minimum absolute atomic E-state index is 0. The highest BCUT2D eigenvalue weighted by molar-refractivity contribution is 5.85. The first-order valence-corrected chi connectivity index (χ1v) is 7.13. The van der Waals surface area contributed by atoms with E-state index in [0.29, 0.717) is 13.2 Å². The second-order valence-corrected chi connectivity index (χ2v) is 5.39. The average molecular weight is 313 g/mol. The number of hydrogen-bond acceptors (Lipinski definition) is 4. The van der Waals surface area contributed by atoms with Crippen LogP contribution in [0.25, 0.3) is 0 Å². The molecule has 2 aliphatic heterocycles. The molecule has 1 unspecified atom stereocenters. The number of para-hydroxylation sites is 1. The highest BCUT2D eigenvalue weighted by Crippen LogP contribution is 2.24. The predicted molar refractivity (Wildman–Crippen MR) is 81.8 cm³/mol. The van der Waals surface area contributed by atoms with Crippen molar-refractivity contribution in [2.24, 2.45) is 5.73 Å². The number of carbonyl (C=O) groups excluding carboxylic acids is 1. The monoisotopic (exact) mass is 312 g/mol. The number of amides is 1. The van der Waals surface area contributed by atoms with Crippen molar-refractivity contribution in [2.45, 2.75) is 37.5 Å². The minimum Gasteiger partial charge on any atom is -0.491 e. The van der Waals surface area contributed by atoms with Crippen LogP contribution in [-0.2, 0) is 16.0 Å². The first-order chi connectivity index (χ1) is 9.76. The van der Waals surface area contributed by atoms with Gasteiger partial charge in [0.15, 0.2) is 0 Å². The highest BCUT2D eigenvalue weighted by atomic mass is 35.5. The third kappa shape index (κ3) is 3.67. The Labute approximate surface area is 130 Å². The maximum atomic E-state index is 12.2. The zero-order chi connectivity index (χ0) is 13.9. The van der Waals surface area contributed by atoms with E-state index >= 15 is 0 Å². The number of nitrogens with one attached hydrogen (secondary N) is 1. The molecule has 1 fully saturated rings. The van der Waals surface area contributed by atoms with Gasteiger partial charge in [-0.05, 0) is 30.9 Å². The molecule has 5 nitrogen and oxygen atoms in total. The van der Waals surface area contributed by atoms with E-state index in [1.807, 2.05) is 24.3 Å². The molecule has 3 atom stereocenters. The molecule has 21 heavy (non-hydrogen) atoms. The van der Waals surface area contributed by atoms with Crippen LogP contribution < -0.4 is 15.8 Å². The summed E-state index contributed by atoms with van der Waals surface area (Å²) in [4.78, 5) is 12.2. The summed E-state index contributed by atoms with van der Waals surface area (Å²) < 4.78 is 11.3. The summed E-state index contributed by atoms with van der Waals surface area (Å²) in [5.41, 5.74) is 6.69. The molecule has 1 aromatic rings. The van der Waals surface area contributed by atoms with Gasteiger partial charge in [0, 0.05) is 6.54 Å². The van der Waals surface area contributed by atoms with Crippen molar-refractivity contribution in [3.63, 3.8) is 0 Å². The lowest BCUT2D eigenvalue weighted by Crippen LogP contribution is -2.46. The summed E-state index contributed by atoms with van der Waals surface area (Å²) in [6.45, 7) is 0.986. The molecule has 0 aromatic heterocycles. The molecule has 2 aliphatic rings.